The minimum absolute atomic E-state index is 0.0458. The molecule has 2 saturated heterocycles. The van der Waals surface area contributed by atoms with Gasteiger partial charge in [-0.2, -0.15) is 0 Å². The Morgan fingerprint density at radius 1 is 1.00 bits per heavy atom. The maximum atomic E-state index is 12.8. The molecular formula is C20H26Cl2N2O5S. The van der Waals surface area contributed by atoms with E-state index < -0.39 is 10.0 Å². The topological polar surface area (TPSA) is 84.0 Å². The third kappa shape index (κ3) is 5.28. The van der Waals surface area contributed by atoms with Gasteiger partial charge in [-0.15, -0.1) is 0 Å². The average Bonchev–Trinajstić information content (AvgIpc) is 2.75. The van der Waals surface area contributed by atoms with Crippen LogP contribution >= 0.6 is 23.2 Å². The summed E-state index contributed by atoms with van der Waals surface area (Å²) < 4.78 is 31.9. The van der Waals surface area contributed by atoms with E-state index in [4.69, 9.17) is 27.9 Å². The van der Waals surface area contributed by atoms with Crippen molar-refractivity contribution in [2.24, 2.45) is 11.8 Å². The molecule has 1 aromatic carbocycles. The highest BCUT2D eigenvalue weighted by Crippen LogP contribution is 2.30. The molecule has 2 fully saturated rings. The third-order valence-corrected chi connectivity index (χ3v) is 8.44. The Bertz CT molecular complexity index is 872. The van der Waals surface area contributed by atoms with E-state index in [9.17, 15) is 18.0 Å². The quantitative estimate of drug-likeness (QED) is 0.609. The van der Waals surface area contributed by atoms with Gasteiger partial charge < -0.3 is 9.64 Å². The van der Waals surface area contributed by atoms with E-state index in [2.05, 4.69) is 0 Å². The highest BCUT2D eigenvalue weighted by atomic mass is 35.5. The fourth-order valence-corrected chi connectivity index (χ4v) is 6.40. The highest BCUT2D eigenvalue weighted by Gasteiger charge is 2.35. The van der Waals surface area contributed by atoms with Gasteiger partial charge >= 0.3 is 5.97 Å². The highest BCUT2D eigenvalue weighted by molar-refractivity contribution is 7.88. The van der Waals surface area contributed by atoms with Gasteiger partial charge in [0.15, 0.2) is 0 Å². The maximum Gasteiger partial charge on any atom is 0.308 e. The van der Waals surface area contributed by atoms with Crippen molar-refractivity contribution < 1.29 is 22.7 Å². The first-order valence-electron chi connectivity index (χ1n) is 10.00. The van der Waals surface area contributed by atoms with Crippen molar-refractivity contribution in [3.8, 4) is 0 Å². The first-order chi connectivity index (χ1) is 14.2. The zero-order chi connectivity index (χ0) is 21.9. The van der Waals surface area contributed by atoms with E-state index in [0.717, 1.165) is 0 Å². The Labute approximate surface area is 187 Å². The van der Waals surface area contributed by atoms with E-state index in [0.29, 0.717) is 67.5 Å². The molecule has 2 aliphatic heterocycles. The minimum Gasteiger partial charge on any atom is -0.469 e. The number of hydrogen-bond donors (Lipinski definition) is 0. The molecule has 2 heterocycles. The monoisotopic (exact) mass is 476 g/mol. The number of hydrogen-bond acceptors (Lipinski definition) is 5. The van der Waals surface area contributed by atoms with Crippen LogP contribution in [-0.4, -0.2) is 62.8 Å². The SMILES string of the molecule is COC(=O)C1CCN(C(=O)C2CCN(S(=O)(=O)Cc3c(Cl)cccc3Cl)CC2)CC1. The van der Waals surface area contributed by atoms with Crippen molar-refractivity contribution in [2.75, 3.05) is 33.3 Å². The number of halogens is 2. The number of carbonyl (C=O) groups excluding carboxylic acids is 2. The lowest BCUT2D eigenvalue weighted by molar-refractivity contribution is -0.149. The predicted octanol–water partition coefficient (Wildman–Crippen LogP) is 2.95. The lowest BCUT2D eigenvalue weighted by atomic mass is 9.92. The first-order valence-corrected chi connectivity index (χ1v) is 12.4. The van der Waals surface area contributed by atoms with Crippen LogP contribution in [0.2, 0.25) is 10.0 Å². The number of ether oxygens (including phenoxy) is 1. The van der Waals surface area contributed by atoms with E-state index in [1.807, 2.05) is 0 Å². The van der Waals surface area contributed by atoms with Crippen LogP contribution in [0.5, 0.6) is 0 Å². The Balaban J connectivity index is 1.54. The summed E-state index contributed by atoms with van der Waals surface area (Å²) in [5, 5.41) is 0.651. The number of rotatable bonds is 5. The summed E-state index contributed by atoms with van der Waals surface area (Å²) >= 11 is 12.2. The van der Waals surface area contributed by atoms with Gasteiger partial charge in [0.1, 0.15) is 0 Å². The lowest BCUT2D eigenvalue weighted by Gasteiger charge is -2.36. The summed E-state index contributed by atoms with van der Waals surface area (Å²) in [6.45, 7) is 1.64. The molecular weight excluding hydrogens is 451 g/mol. The normalized spacial score (nSPS) is 19.6. The van der Waals surface area contributed by atoms with Gasteiger partial charge in [0.2, 0.25) is 15.9 Å². The molecule has 1 aromatic rings. The molecule has 0 bridgehead atoms. The Kier molecular flexibility index (Phi) is 7.66. The van der Waals surface area contributed by atoms with Crippen LogP contribution in [-0.2, 0) is 30.1 Å². The molecule has 3 rings (SSSR count). The largest absolute Gasteiger partial charge is 0.469 e. The second kappa shape index (κ2) is 9.85. The molecule has 2 aliphatic rings. The second-order valence-corrected chi connectivity index (χ2v) is 10.5. The molecule has 0 saturated carbocycles. The lowest BCUT2D eigenvalue weighted by Crippen LogP contribution is -2.47. The Hall–Kier alpha value is -1.35. The summed E-state index contributed by atoms with van der Waals surface area (Å²) in [5.41, 5.74) is 0.396. The van der Waals surface area contributed by atoms with E-state index >= 15 is 0 Å². The van der Waals surface area contributed by atoms with Gasteiger partial charge in [-0.25, -0.2) is 12.7 Å². The minimum atomic E-state index is -3.59. The number of benzene rings is 1. The third-order valence-electron chi connectivity index (χ3n) is 5.93. The smallest absolute Gasteiger partial charge is 0.308 e. The summed E-state index contributed by atoms with van der Waals surface area (Å²) in [6, 6.07) is 4.91. The summed E-state index contributed by atoms with van der Waals surface area (Å²) in [7, 11) is -2.21. The molecule has 0 N–H and O–H groups in total. The Morgan fingerprint density at radius 3 is 2.07 bits per heavy atom. The van der Waals surface area contributed by atoms with Crippen molar-refractivity contribution in [1.82, 2.24) is 9.21 Å². The zero-order valence-corrected chi connectivity index (χ0v) is 19.2. The number of likely N-dealkylation sites (tertiary alicyclic amines) is 1. The van der Waals surface area contributed by atoms with Gasteiger partial charge in [0, 0.05) is 47.7 Å². The number of carbonyl (C=O) groups is 2. The molecule has 0 unspecified atom stereocenters. The molecule has 0 radical (unpaired) electrons. The van der Waals surface area contributed by atoms with Crippen LogP contribution in [0.15, 0.2) is 18.2 Å². The standard InChI is InChI=1S/C20H26Cl2N2O5S/c1-29-20(26)15-5-9-23(10-6-15)19(25)14-7-11-24(12-8-14)30(27,28)13-16-17(21)3-2-4-18(16)22/h2-4,14-15H,5-13H2,1H3. The Morgan fingerprint density at radius 2 is 1.53 bits per heavy atom. The van der Waals surface area contributed by atoms with Crippen LogP contribution in [0.1, 0.15) is 31.2 Å². The number of amides is 1. The molecule has 30 heavy (non-hydrogen) atoms. The number of sulfonamides is 1. The van der Waals surface area contributed by atoms with Crippen LogP contribution in [0.4, 0.5) is 0 Å². The fraction of sp³-hybridized carbons (Fsp3) is 0.600. The summed E-state index contributed by atoms with van der Waals surface area (Å²) in [5.74, 6) is -0.785. The molecule has 10 heteroatoms. The number of methoxy groups -OCH3 is 1. The van der Waals surface area contributed by atoms with Gasteiger partial charge in [-0.05, 0) is 37.8 Å². The van der Waals surface area contributed by atoms with Crippen molar-refractivity contribution in [3.63, 3.8) is 0 Å². The number of esters is 1. The van der Waals surface area contributed by atoms with Crippen molar-refractivity contribution in [3.05, 3.63) is 33.8 Å². The van der Waals surface area contributed by atoms with Crippen LogP contribution in [0.25, 0.3) is 0 Å². The van der Waals surface area contributed by atoms with Crippen LogP contribution in [0.3, 0.4) is 0 Å². The molecule has 1 amide bonds. The average molecular weight is 477 g/mol. The number of nitrogens with zero attached hydrogens (tertiary/aromatic N) is 2. The first kappa shape index (κ1) is 23.3. The molecule has 7 nitrogen and oxygen atoms in total. The molecule has 0 aromatic heterocycles. The van der Waals surface area contributed by atoms with Crippen LogP contribution in [0, 0.1) is 11.8 Å². The number of piperidine rings is 2. The molecule has 166 valence electrons. The fourth-order valence-electron chi connectivity index (χ4n) is 4.09. The summed E-state index contributed by atoms with van der Waals surface area (Å²) in [4.78, 5) is 26.3. The van der Waals surface area contributed by atoms with Crippen LogP contribution < -0.4 is 0 Å². The van der Waals surface area contributed by atoms with Gasteiger partial charge in [0.25, 0.3) is 0 Å². The summed E-state index contributed by atoms with van der Waals surface area (Å²) in [6.07, 6.45) is 2.16. The van der Waals surface area contributed by atoms with Crippen molar-refractivity contribution in [2.45, 2.75) is 31.4 Å². The van der Waals surface area contributed by atoms with Gasteiger partial charge in [-0.1, -0.05) is 29.3 Å². The molecule has 0 spiro atoms. The zero-order valence-electron chi connectivity index (χ0n) is 16.9. The van der Waals surface area contributed by atoms with Crippen molar-refractivity contribution >= 4 is 45.1 Å². The second-order valence-electron chi connectivity index (χ2n) is 7.75. The molecule has 0 atom stereocenters. The van der Waals surface area contributed by atoms with E-state index in [1.54, 1.807) is 23.1 Å². The van der Waals surface area contributed by atoms with Crippen molar-refractivity contribution in [1.29, 1.82) is 0 Å². The van der Waals surface area contributed by atoms with Gasteiger partial charge in [0.05, 0.1) is 18.8 Å². The molecule has 0 aliphatic carbocycles. The predicted molar refractivity (Wildman–Crippen MR) is 115 cm³/mol. The van der Waals surface area contributed by atoms with E-state index in [-0.39, 0.29) is 29.5 Å². The van der Waals surface area contributed by atoms with E-state index in [1.165, 1.54) is 11.4 Å². The van der Waals surface area contributed by atoms with Gasteiger partial charge in [-0.3, -0.25) is 9.59 Å². The maximum absolute atomic E-state index is 12.8.